The molecule has 2 aromatic carbocycles. The number of amides is 1. The summed E-state index contributed by atoms with van der Waals surface area (Å²) >= 11 is 0. The first-order valence-corrected chi connectivity index (χ1v) is 8.52. The topological polar surface area (TPSA) is 45.2 Å². The predicted octanol–water partition coefficient (Wildman–Crippen LogP) is 4.56. The van der Waals surface area contributed by atoms with Crippen LogP contribution in [0.2, 0.25) is 0 Å². The zero-order chi connectivity index (χ0) is 18.1. The number of carbonyl (C=O) groups is 1. The summed E-state index contributed by atoms with van der Waals surface area (Å²) in [5, 5.41) is 2.82. The van der Waals surface area contributed by atoms with E-state index in [4.69, 9.17) is 0 Å². The molecule has 0 saturated heterocycles. The number of aromatic nitrogens is 1. The molecular formula is C21H18FN3O. The van der Waals surface area contributed by atoms with Gasteiger partial charge in [0.1, 0.15) is 11.6 Å². The molecule has 1 aliphatic rings. The Morgan fingerprint density at radius 2 is 1.88 bits per heavy atom. The van der Waals surface area contributed by atoms with Gasteiger partial charge < -0.3 is 10.2 Å². The number of benzene rings is 2. The third-order valence-corrected chi connectivity index (χ3v) is 4.57. The minimum Gasteiger partial charge on any atom is -0.322 e. The Morgan fingerprint density at radius 1 is 1.12 bits per heavy atom. The molecule has 0 fully saturated rings. The highest BCUT2D eigenvalue weighted by Gasteiger charge is 2.30. The van der Waals surface area contributed by atoms with E-state index in [0.717, 1.165) is 12.1 Å². The Kier molecular flexibility index (Phi) is 4.13. The highest BCUT2D eigenvalue weighted by atomic mass is 19.1. The van der Waals surface area contributed by atoms with E-state index >= 15 is 0 Å². The largest absolute Gasteiger partial charge is 0.322 e. The Labute approximate surface area is 151 Å². The molecule has 0 saturated carbocycles. The van der Waals surface area contributed by atoms with Crippen molar-refractivity contribution in [2.45, 2.75) is 19.4 Å². The molecule has 26 heavy (non-hydrogen) atoms. The summed E-state index contributed by atoms with van der Waals surface area (Å²) in [7, 11) is 0. The lowest BCUT2D eigenvalue weighted by atomic mass is 10.1. The number of hydrogen-bond donors (Lipinski definition) is 1. The summed E-state index contributed by atoms with van der Waals surface area (Å²) in [6, 6.07) is 17.6. The minimum absolute atomic E-state index is 0.208. The molecule has 1 unspecified atom stereocenters. The molecule has 130 valence electrons. The van der Waals surface area contributed by atoms with Crippen molar-refractivity contribution in [2.24, 2.45) is 0 Å². The van der Waals surface area contributed by atoms with Crippen LogP contribution in [0.1, 0.15) is 22.8 Å². The van der Waals surface area contributed by atoms with E-state index in [1.165, 1.54) is 29.8 Å². The first-order valence-electron chi connectivity index (χ1n) is 8.52. The van der Waals surface area contributed by atoms with Gasteiger partial charge in [-0.05, 0) is 61.4 Å². The summed E-state index contributed by atoms with van der Waals surface area (Å²) in [4.78, 5) is 19.4. The van der Waals surface area contributed by atoms with Crippen LogP contribution in [0.5, 0.6) is 0 Å². The number of carbonyl (C=O) groups excluding carboxylic acids is 1. The Hall–Kier alpha value is -3.21. The Bertz CT molecular complexity index is 955. The second-order valence-electron chi connectivity index (χ2n) is 6.39. The molecule has 3 aromatic rings. The van der Waals surface area contributed by atoms with Gasteiger partial charge in [0.15, 0.2) is 0 Å². The van der Waals surface area contributed by atoms with Gasteiger partial charge in [-0.2, -0.15) is 0 Å². The van der Waals surface area contributed by atoms with E-state index in [0.29, 0.717) is 17.1 Å². The summed E-state index contributed by atoms with van der Waals surface area (Å²) in [5.41, 5.74) is 3.35. The van der Waals surface area contributed by atoms with E-state index < -0.39 is 0 Å². The van der Waals surface area contributed by atoms with Crippen molar-refractivity contribution >= 4 is 23.1 Å². The maximum atomic E-state index is 13.1. The first-order chi connectivity index (χ1) is 12.6. The number of anilines is 3. The molecule has 0 radical (unpaired) electrons. The van der Waals surface area contributed by atoms with Crippen LogP contribution < -0.4 is 10.2 Å². The van der Waals surface area contributed by atoms with E-state index in [2.05, 4.69) is 34.3 Å². The van der Waals surface area contributed by atoms with Crippen LogP contribution in [-0.2, 0) is 6.42 Å². The summed E-state index contributed by atoms with van der Waals surface area (Å²) in [5.74, 6) is 0.0217. The highest BCUT2D eigenvalue weighted by molar-refractivity contribution is 6.08. The van der Waals surface area contributed by atoms with Gasteiger partial charge in [-0.15, -0.1) is 0 Å². The van der Waals surface area contributed by atoms with Crippen molar-refractivity contribution in [3.05, 3.63) is 83.8 Å². The number of nitrogens with zero attached hydrogens (tertiary/aromatic N) is 2. The van der Waals surface area contributed by atoms with Crippen molar-refractivity contribution in [3.8, 4) is 0 Å². The molecule has 1 amide bonds. The van der Waals surface area contributed by atoms with Crippen LogP contribution in [0.15, 0.2) is 66.9 Å². The van der Waals surface area contributed by atoms with Crippen LogP contribution in [0.25, 0.3) is 0 Å². The molecule has 1 atom stereocenters. The second-order valence-corrected chi connectivity index (χ2v) is 6.39. The molecule has 0 spiro atoms. The van der Waals surface area contributed by atoms with Crippen molar-refractivity contribution in [1.29, 1.82) is 0 Å². The molecule has 5 heteroatoms. The fourth-order valence-corrected chi connectivity index (χ4v) is 3.39. The van der Waals surface area contributed by atoms with Crippen LogP contribution in [-0.4, -0.2) is 16.9 Å². The number of halogens is 1. The second kappa shape index (κ2) is 6.59. The van der Waals surface area contributed by atoms with Crippen LogP contribution in [0.3, 0.4) is 0 Å². The molecule has 1 aromatic heterocycles. The molecule has 1 N–H and O–H groups in total. The third-order valence-electron chi connectivity index (χ3n) is 4.57. The number of fused-ring (bicyclic) bond motifs is 1. The number of hydrogen-bond acceptors (Lipinski definition) is 3. The van der Waals surface area contributed by atoms with Crippen molar-refractivity contribution in [1.82, 2.24) is 4.98 Å². The van der Waals surface area contributed by atoms with Gasteiger partial charge >= 0.3 is 0 Å². The van der Waals surface area contributed by atoms with E-state index in [9.17, 15) is 9.18 Å². The van der Waals surface area contributed by atoms with Crippen molar-refractivity contribution < 1.29 is 9.18 Å². The van der Waals surface area contributed by atoms with Gasteiger partial charge in [0, 0.05) is 23.6 Å². The van der Waals surface area contributed by atoms with Gasteiger partial charge in [-0.3, -0.25) is 4.79 Å². The normalized spacial score (nSPS) is 15.6. The molecule has 2 heterocycles. The summed E-state index contributed by atoms with van der Waals surface area (Å²) in [6.45, 7) is 2.12. The third kappa shape index (κ3) is 2.92. The highest BCUT2D eigenvalue weighted by Crippen LogP contribution is 2.38. The van der Waals surface area contributed by atoms with Crippen LogP contribution >= 0.6 is 0 Å². The average Bonchev–Trinajstić information content (AvgIpc) is 2.99. The SMILES string of the molecule is CC1Cc2ccccc2N1c1ncccc1C(=O)Nc1ccc(F)cc1. The van der Waals surface area contributed by atoms with Gasteiger partial charge in [-0.25, -0.2) is 9.37 Å². The van der Waals surface area contributed by atoms with E-state index in [1.54, 1.807) is 18.3 Å². The predicted molar refractivity (Wildman–Crippen MR) is 100 cm³/mol. The molecule has 1 aliphatic heterocycles. The number of pyridine rings is 1. The Morgan fingerprint density at radius 3 is 2.69 bits per heavy atom. The number of nitrogens with one attached hydrogen (secondary N) is 1. The quantitative estimate of drug-likeness (QED) is 0.756. The van der Waals surface area contributed by atoms with Gasteiger partial charge in [0.25, 0.3) is 5.91 Å². The molecule has 4 rings (SSSR count). The average molecular weight is 347 g/mol. The maximum Gasteiger partial charge on any atom is 0.259 e. The number of para-hydroxylation sites is 1. The molecular weight excluding hydrogens is 329 g/mol. The van der Waals surface area contributed by atoms with E-state index in [-0.39, 0.29) is 17.8 Å². The van der Waals surface area contributed by atoms with Gasteiger partial charge in [-0.1, -0.05) is 18.2 Å². The van der Waals surface area contributed by atoms with Crippen molar-refractivity contribution in [3.63, 3.8) is 0 Å². The first kappa shape index (κ1) is 16.3. The monoisotopic (exact) mass is 347 g/mol. The summed E-state index contributed by atoms with van der Waals surface area (Å²) < 4.78 is 13.1. The van der Waals surface area contributed by atoms with E-state index in [1.807, 2.05) is 12.1 Å². The minimum atomic E-state index is -0.340. The van der Waals surface area contributed by atoms with Crippen LogP contribution in [0, 0.1) is 5.82 Å². The maximum absolute atomic E-state index is 13.1. The zero-order valence-corrected chi connectivity index (χ0v) is 14.3. The zero-order valence-electron chi connectivity index (χ0n) is 14.3. The standard InChI is InChI=1S/C21H18FN3O/c1-14-13-15-5-2-3-7-19(15)25(14)20-18(6-4-12-23-20)21(26)24-17-10-8-16(22)9-11-17/h2-12,14H,13H2,1H3,(H,24,26). The van der Waals surface area contributed by atoms with Gasteiger partial charge in [0.05, 0.1) is 5.56 Å². The fraction of sp³-hybridized carbons (Fsp3) is 0.143. The molecule has 0 aliphatic carbocycles. The smallest absolute Gasteiger partial charge is 0.259 e. The summed E-state index contributed by atoms with van der Waals surface area (Å²) in [6.07, 6.45) is 2.60. The number of rotatable bonds is 3. The molecule has 4 nitrogen and oxygen atoms in total. The lowest BCUT2D eigenvalue weighted by Gasteiger charge is -2.25. The molecule has 0 bridgehead atoms. The lowest BCUT2D eigenvalue weighted by Crippen LogP contribution is -2.27. The lowest BCUT2D eigenvalue weighted by molar-refractivity contribution is 0.102. The van der Waals surface area contributed by atoms with Crippen molar-refractivity contribution in [2.75, 3.05) is 10.2 Å². The Balaban J connectivity index is 1.69. The fourth-order valence-electron chi connectivity index (χ4n) is 3.39. The van der Waals surface area contributed by atoms with Crippen LogP contribution in [0.4, 0.5) is 21.6 Å². The van der Waals surface area contributed by atoms with Gasteiger partial charge in [0.2, 0.25) is 0 Å².